The van der Waals surface area contributed by atoms with Gasteiger partial charge >= 0.3 is 5.97 Å². The topological polar surface area (TPSA) is 66.8 Å². The van der Waals surface area contributed by atoms with Crippen molar-refractivity contribution in [1.82, 2.24) is 0 Å². The van der Waals surface area contributed by atoms with E-state index in [0.29, 0.717) is 0 Å². The van der Waals surface area contributed by atoms with Crippen molar-refractivity contribution in [3.8, 4) is 5.75 Å². The first-order chi connectivity index (χ1) is 8.25. The molecular weight excluding hydrogens is 232 g/mol. The Morgan fingerprint density at radius 3 is 2.11 bits per heavy atom. The van der Waals surface area contributed by atoms with E-state index in [9.17, 15) is 9.90 Å². The maximum absolute atomic E-state index is 11.0. The minimum Gasteiger partial charge on any atom is -0.491 e. The zero-order chi connectivity index (χ0) is 13.9. The summed E-state index contributed by atoms with van der Waals surface area (Å²) in [5.74, 6) is -0.989. The Labute approximate surface area is 107 Å². The lowest BCUT2D eigenvalue weighted by Gasteiger charge is -2.26. The molecule has 0 heterocycles. The van der Waals surface area contributed by atoms with Crippen LogP contribution in [-0.4, -0.2) is 27.9 Å². The van der Waals surface area contributed by atoms with Gasteiger partial charge in [-0.15, -0.1) is 0 Å². The number of aliphatic hydroxyl groups is 1. The monoisotopic (exact) mass is 252 g/mol. The van der Waals surface area contributed by atoms with E-state index in [-0.39, 0.29) is 6.10 Å². The fourth-order valence-electron chi connectivity index (χ4n) is 1.62. The largest absolute Gasteiger partial charge is 0.491 e. The second-order valence-corrected chi connectivity index (χ2v) is 4.91. The highest BCUT2D eigenvalue weighted by Gasteiger charge is 2.37. The van der Waals surface area contributed by atoms with Gasteiger partial charge in [-0.1, -0.05) is 19.1 Å². The summed E-state index contributed by atoms with van der Waals surface area (Å²) >= 11 is 0. The highest BCUT2D eigenvalue weighted by molar-refractivity contribution is 5.78. The molecule has 0 saturated carbocycles. The van der Waals surface area contributed by atoms with Crippen molar-refractivity contribution in [1.29, 1.82) is 0 Å². The summed E-state index contributed by atoms with van der Waals surface area (Å²) in [6.07, 6.45) is 0.0930. The van der Waals surface area contributed by atoms with Crippen molar-refractivity contribution in [3.63, 3.8) is 0 Å². The van der Waals surface area contributed by atoms with Gasteiger partial charge in [0.05, 0.1) is 6.10 Å². The molecule has 4 heteroatoms. The van der Waals surface area contributed by atoms with Gasteiger partial charge in [0.2, 0.25) is 0 Å². The zero-order valence-electron chi connectivity index (χ0n) is 11.2. The van der Waals surface area contributed by atoms with Crippen molar-refractivity contribution < 1.29 is 19.7 Å². The number of hydrogen-bond acceptors (Lipinski definition) is 3. The number of rotatable bonds is 5. The van der Waals surface area contributed by atoms with E-state index in [2.05, 4.69) is 0 Å². The smallest absolute Gasteiger partial charge is 0.336 e. The molecule has 1 rings (SSSR count). The van der Waals surface area contributed by atoms with Gasteiger partial charge in [-0.3, -0.25) is 0 Å². The maximum Gasteiger partial charge on any atom is 0.336 e. The molecule has 2 N–H and O–H groups in total. The number of ether oxygens (including phenoxy) is 1. The molecule has 4 nitrogen and oxygen atoms in total. The summed E-state index contributed by atoms with van der Waals surface area (Å²) in [7, 11) is 0. The van der Waals surface area contributed by atoms with Gasteiger partial charge in [0.25, 0.3) is 0 Å². The minimum atomic E-state index is -1.78. The predicted octanol–water partition coefficient (Wildman–Crippen LogP) is 2.41. The highest BCUT2D eigenvalue weighted by Crippen LogP contribution is 2.29. The molecule has 0 aliphatic rings. The van der Waals surface area contributed by atoms with E-state index >= 15 is 0 Å². The van der Waals surface area contributed by atoms with Crippen LogP contribution in [0.4, 0.5) is 0 Å². The van der Waals surface area contributed by atoms with Crippen molar-refractivity contribution in [3.05, 3.63) is 29.8 Å². The fourth-order valence-corrected chi connectivity index (χ4v) is 1.62. The summed E-state index contributed by atoms with van der Waals surface area (Å²) in [5.41, 5.74) is -1.01. The van der Waals surface area contributed by atoms with Gasteiger partial charge in [0.1, 0.15) is 5.75 Å². The number of benzene rings is 1. The van der Waals surface area contributed by atoms with Crippen molar-refractivity contribution >= 4 is 5.97 Å². The molecule has 100 valence electrons. The van der Waals surface area contributed by atoms with Crippen molar-refractivity contribution in [2.45, 2.75) is 45.3 Å². The highest BCUT2D eigenvalue weighted by atomic mass is 16.5. The Bertz CT molecular complexity index is 406. The lowest BCUT2D eigenvalue weighted by atomic mass is 9.85. The quantitative estimate of drug-likeness (QED) is 0.844. The Hall–Kier alpha value is -1.55. The number of carboxylic acids is 1. The van der Waals surface area contributed by atoms with Crippen LogP contribution in [0.5, 0.6) is 5.75 Å². The molecule has 0 fully saturated rings. The first-order valence-electron chi connectivity index (χ1n) is 5.97. The van der Waals surface area contributed by atoms with Gasteiger partial charge in [0, 0.05) is 5.92 Å². The second-order valence-electron chi connectivity index (χ2n) is 4.91. The van der Waals surface area contributed by atoms with E-state index in [1.807, 2.05) is 13.8 Å². The summed E-state index contributed by atoms with van der Waals surface area (Å²) in [6.45, 7) is 6.86. The number of hydrogen-bond donors (Lipinski definition) is 2. The molecule has 0 aliphatic carbocycles. The molecule has 0 amide bonds. The van der Waals surface area contributed by atoms with Crippen LogP contribution in [0.1, 0.15) is 39.2 Å². The fraction of sp³-hybridized carbons (Fsp3) is 0.500. The Morgan fingerprint density at radius 1 is 1.22 bits per heavy atom. The average Bonchev–Trinajstić information content (AvgIpc) is 2.28. The molecule has 0 saturated heterocycles. The van der Waals surface area contributed by atoms with E-state index in [1.54, 1.807) is 31.2 Å². The van der Waals surface area contributed by atoms with Crippen LogP contribution in [0.25, 0.3) is 0 Å². The molecule has 0 aliphatic heterocycles. The molecule has 0 radical (unpaired) electrons. The molecule has 1 aromatic carbocycles. The SMILES string of the molecule is CC(C)Oc1ccc(C(C)C(C)(O)C(=O)O)cc1. The van der Waals surface area contributed by atoms with Crippen LogP contribution in [0, 0.1) is 0 Å². The molecule has 1 aromatic rings. The molecule has 0 spiro atoms. The third-order valence-corrected chi connectivity index (χ3v) is 3.03. The molecule has 0 bridgehead atoms. The lowest BCUT2D eigenvalue weighted by Crippen LogP contribution is -2.40. The molecular formula is C14H20O4. The van der Waals surface area contributed by atoms with Crippen LogP contribution < -0.4 is 4.74 Å². The molecule has 2 atom stereocenters. The maximum atomic E-state index is 11.0. The van der Waals surface area contributed by atoms with Gasteiger partial charge in [-0.25, -0.2) is 4.79 Å². The average molecular weight is 252 g/mol. The summed E-state index contributed by atoms with van der Waals surface area (Å²) < 4.78 is 5.50. The Kier molecular flexibility index (Phi) is 4.35. The first-order valence-corrected chi connectivity index (χ1v) is 5.97. The number of carbonyl (C=O) groups is 1. The predicted molar refractivity (Wildman–Crippen MR) is 68.9 cm³/mol. The van der Waals surface area contributed by atoms with Crippen LogP contribution >= 0.6 is 0 Å². The van der Waals surface area contributed by atoms with E-state index in [4.69, 9.17) is 9.84 Å². The van der Waals surface area contributed by atoms with Crippen LogP contribution in [0.2, 0.25) is 0 Å². The minimum absolute atomic E-state index is 0.0930. The third-order valence-electron chi connectivity index (χ3n) is 3.03. The van der Waals surface area contributed by atoms with E-state index in [1.165, 1.54) is 6.92 Å². The molecule has 0 aromatic heterocycles. The number of aliphatic carboxylic acids is 1. The van der Waals surface area contributed by atoms with Gasteiger partial charge in [-0.05, 0) is 38.5 Å². The van der Waals surface area contributed by atoms with Crippen LogP contribution in [0.3, 0.4) is 0 Å². The first kappa shape index (κ1) is 14.5. The Balaban J connectivity index is 2.88. The van der Waals surface area contributed by atoms with Crippen LogP contribution in [-0.2, 0) is 4.79 Å². The normalized spacial score (nSPS) is 16.1. The van der Waals surface area contributed by atoms with E-state index < -0.39 is 17.5 Å². The third kappa shape index (κ3) is 3.23. The number of carboxylic acid groups (broad SMARTS) is 1. The summed E-state index contributed by atoms with van der Waals surface area (Å²) in [6, 6.07) is 7.12. The van der Waals surface area contributed by atoms with Gasteiger partial charge < -0.3 is 14.9 Å². The summed E-state index contributed by atoms with van der Waals surface area (Å²) in [4.78, 5) is 11.0. The zero-order valence-corrected chi connectivity index (χ0v) is 11.2. The lowest BCUT2D eigenvalue weighted by molar-refractivity contribution is -0.158. The van der Waals surface area contributed by atoms with Crippen molar-refractivity contribution in [2.75, 3.05) is 0 Å². The molecule has 18 heavy (non-hydrogen) atoms. The Morgan fingerprint density at radius 2 is 1.72 bits per heavy atom. The van der Waals surface area contributed by atoms with Gasteiger partial charge in [0.15, 0.2) is 5.60 Å². The van der Waals surface area contributed by atoms with Gasteiger partial charge in [-0.2, -0.15) is 0 Å². The van der Waals surface area contributed by atoms with Crippen molar-refractivity contribution in [2.24, 2.45) is 0 Å². The standard InChI is InChI=1S/C14H20O4/c1-9(2)18-12-7-5-11(6-8-12)10(3)14(4,17)13(15)16/h5-10,17H,1-4H3,(H,15,16). The summed E-state index contributed by atoms with van der Waals surface area (Å²) in [5, 5.41) is 18.9. The second kappa shape index (κ2) is 5.40. The van der Waals surface area contributed by atoms with Crippen LogP contribution in [0.15, 0.2) is 24.3 Å². The molecule has 2 unspecified atom stereocenters. The van der Waals surface area contributed by atoms with E-state index in [0.717, 1.165) is 11.3 Å².